The summed E-state index contributed by atoms with van der Waals surface area (Å²) in [4.78, 5) is 0. The number of halogens is 2. The quantitative estimate of drug-likeness (QED) is 0.580. The zero-order valence-electron chi connectivity index (χ0n) is 6.87. The van der Waals surface area contributed by atoms with Crippen LogP contribution in [-0.2, 0) is 6.54 Å². The van der Waals surface area contributed by atoms with Crippen molar-refractivity contribution in [1.29, 1.82) is 0 Å². The summed E-state index contributed by atoms with van der Waals surface area (Å²) in [6.07, 6.45) is 4.47. The predicted octanol–water partition coefficient (Wildman–Crippen LogP) is 2.22. The molecule has 0 amide bonds. The number of nitrogens with zero attached hydrogens (tertiary/aromatic N) is 3. The standard InChI is InChI=1S/C6H11Cl2N3Si/c1-12(7,8)6-2-4-11-5-3-9-10-11/h3,5H,2,4,6H2,1H3. The number of aryl methyl sites for hydroxylation is 1. The molecule has 0 unspecified atom stereocenters. The first-order valence-electron chi connectivity index (χ1n) is 3.80. The second-order valence-corrected chi connectivity index (χ2v) is 11.1. The van der Waals surface area contributed by atoms with Crippen molar-refractivity contribution < 1.29 is 0 Å². The van der Waals surface area contributed by atoms with E-state index in [0.717, 1.165) is 19.0 Å². The third-order valence-electron chi connectivity index (χ3n) is 1.47. The van der Waals surface area contributed by atoms with E-state index >= 15 is 0 Å². The highest BCUT2D eigenvalue weighted by Gasteiger charge is 2.19. The van der Waals surface area contributed by atoms with E-state index in [1.165, 1.54) is 0 Å². The van der Waals surface area contributed by atoms with Gasteiger partial charge in [-0.15, -0.1) is 27.3 Å². The molecule has 1 aromatic rings. The first-order chi connectivity index (χ1) is 5.58. The predicted molar refractivity (Wildman–Crippen MR) is 52.8 cm³/mol. The Morgan fingerprint density at radius 3 is 2.75 bits per heavy atom. The van der Waals surface area contributed by atoms with E-state index in [1.807, 2.05) is 12.7 Å². The van der Waals surface area contributed by atoms with Crippen LogP contribution in [0.5, 0.6) is 0 Å². The molecule has 6 heteroatoms. The highest BCUT2D eigenvalue weighted by atomic mass is 35.7. The topological polar surface area (TPSA) is 30.7 Å². The maximum atomic E-state index is 5.93. The van der Waals surface area contributed by atoms with Crippen molar-refractivity contribution >= 4 is 28.9 Å². The fraction of sp³-hybridized carbons (Fsp3) is 0.667. The van der Waals surface area contributed by atoms with Gasteiger partial charge >= 0.3 is 0 Å². The molecule has 0 spiro atoms. The smallest absolute Gasteiger partial charge is 0.248 e. The van der Waals surface area contributed by atoms with Gasteiger partial charge < -0.3 is 0 Å². The van der Waals surface area contributed by atoms with E-state index in [-0.39, 0.29) is 0 Å². The molecule has 0 bridgehead atoms. The molecule has 1 heterocycles. The second kappa shape index (κ2) is 4.25. The number of hydrogen-bond donors (Lipinski definition) is 0. The molecule has 0 radical (unpaired) electrons. The minimum absolute atomic E-state index is 0.849. The summed E-state index contributed by atoms with van der Waals surface area (Å²) in [6.45, 7) is 0.870. The van der Waals surface area contributed by atoms with E-state index in [2.05, 4.69) is 10.3 Å². The third-order valence-corrected chi connectivity index (χ3v) is 3.84. The largest absolute Gasteiger partial charge is 0.253 e. The summed E-state index contributed by atoms with van der Waals surface area (Å²) < 4.78 is 1.79. The lowest BCUT2D eigenvalue weighted by molar-refractivity contribution is 0.577. The Bertz CT molecular complexity index is 219. The van der Waals surface area contributed by atoms with Crippen LogP contribution in [0.2, 0.25) is 12.6 Å². The Morgan fingerprint density at radius 2 is 2.25 bits per heavy atom. The van der Waals surface area contributed by atoms with E-state index < -0.39 is 6.69 Å². The minimum atomic E-state index is -1.91. The highest BCUT2D eigenvalue weighted by molar-refractivity contribution is 7.44. The Hall–Kier alpha value is -0.0631. The van der Waals surface area contributed by atoms with E-state index in [9.17, 15) is 0 Å². The van der Waals surface area contributed by atoms with Gasteiger partial charge in [-0.05, 0) is 19.0 Å². The zero-order valence-corrected chi connectivity index (χ0v) is 9.39. The lowest BCUT2D eigenvalue weighted by atomic mass is 10.5. The Kier molecular flexibility index (Phi) is 3.55. The van der Waals surface area contributed by atoms with Gasteiger partial charge in [-0.25, -0.2) is 0 Å². The van der Waals surface area contributed by atoms with Gasteiger partial charge in [-0.3, -0.25) is 4.68 Å². The average Bonchev–Trinajstić information content (AvgIpc) is 2.36. The van der Waals surface area contributed by atoms with Gasteiger partial charge in [-0.2, -0.15) is 0 Å². The molecular weight excluding hydrogens is 213 g/mol. The van der Waals surface area contributed by atoms with Gasteiger partial charge in [0.05, 0.1) is 6.20 Å². The molecule has 12 heavy (non-hydrogen) atoms. The summed E-state index contributed by atoms with van der Waals surface area (Å²) in [5.41, 5.74) is 0. The molecule has 1 aromatic heterocycles. The lowest BCUT2D eigenvalue weighted by Crippen LogP contribution is -2.13. The van der Waals surface area contributed by atoms with Crippen LogP contribution in [0.3, 0.4) is 0 Å². The monoisotopic (exact) mass is 223 g/mol. The fourth-order valence-electron chi connectivity index (χ4n) is 0.903. The van der Waals surface area contributed by atoms with Crippen LogP contribution in [-0.4, -0.2) is 21.7 Å². The van der Waals surface area contributed by atoms with Gasteiger partial charge in [0, 0.05) is 12.7 Å². The SMILES string of the molecule is C[Si](Cl)(Cl)CCCn1ccnn1. The van der Waals surface area contributed by atoms with Crippen molar-refractivity contribution in [3.63, 3.8) is 0 Å². The number of rotatable bonds is 4. The number of aromatic nitrogens is 3. The highest BCUT2D eigenvalue weighted by Crippen LogP contribution is 2.21. The first-order valence-corrected chi connectivity index (χ1v) is 8.53. The molecule has 3 nitrogen and oxygen atoms in total. The van der Waals surface area contributed by atoms with Crippen LogP contribution in [0.15, 0.2) is 12.4 Å². The van der Waals surface area contributed by atoms with Crippen molar-refractivity contribution in [1.82, 2.24) is 15.0 Å². The number of hydrogen-bond acceptors (Lipinski definition) is 2. The van der Waals surface area contributed by atoms with Crippen molar-refractivity contribution in [2.24, 2.45) is 0 Å². The van der Waals surface area contributed by atoms with Crippen molar-refractivity contribution in [2.45, 2.75) is 25.6 Å². The summed E-state index contributed by atoms with van der Waals surface area (Å²) in [5, 5.41) is 7.53. The van der Waals surface area contributed by atoms with E-state index in [1.54, 1.807) is 10.9 Å². The maximum Gasteiger partial charge on any atom is 0.248 e. The molecular formula is C6H11Cl2N3Si. The van der Waals surface area contributed by atoms with E-state index in [4.69, 9.17) is 22.2 Å². The molecule has 0 saturated carbocycles. The molecule has 0 atom stereocenters. The third kappa shape index (κ3) is 4.09. The van der Waals surface area contributed by atoms with Crippen LogP contribution in [0.1, 0.15) is 6.42 Å². The molecule has 0 aliphatic carbocycles. The molecule has 0 fully saturated rings. The molecule has 0 aliphatic heterocycles. The Balaban J connectivity index is 2.20. The van der Waals surface area contributed by atoms with Crippen LogP contribution in [0.4, 0.5) is 0 Å². The van der Waals surface area contributed by atoms with Crippen LogP contribution >= 0.6 is 22.2 Å². The van der Waals surface area contributed by atoms with Crippen LogP contribution in [0.25, 0.3) is 0 Å². The second-order valence-electron chi connectivity index (χ2n) is 2.84. The van der Waals surface area contributed by atoms with Crippen molar-refractivity contribution in [3.05, 3.63) is 12.4 Å². The summed E-state index contributed by atoms with van der Waals surface area (Å²) in [5.74, 6) is 0. The van der Waals surface area contributed by atoms with Crippen molar-refractivity contribution in [3.8, 4) is 0 Å². The fourth-order valence-corrected chi connectivity index (χ4v) is 2.48. The molecule has 0 N–H and O–H groups in total. The first kappa shape index (κ1) is 10.0. The molecule has 1 rings (SSSR count). The zero-order chi connectivity index (χ0) is 9.03. The Labute approximate surface area is 82.1 Å². The average molecular weight is 224 g/mol. The van der Waals surface area contributed by atoms with E-state index in [0.29, 0.717) is 0 Å². The van der Waals surface area contributed by atoms with Gasteiger partial charge in [-0.1, -0.05) is 5.21 Å². The molecule has 0 aliphatic rings. The summed E-state index contributed by atoms with van der Waals surface area (Å²) in [6, 6.07) is 0.899. The van der Waals surface area contributed by atoms with Gasteiger partial charge in [0.1, 0.15) is 0 Å². The normalized spacial score (nSPS) is 11.9. The van der Waals surface area contributed by atoms with Gasteiger partial charge in [0.15, 0.2) is 0 Å². The molecule has 0 saturated heterocycles. The van der Waals surface area contributed by atoms with Crippen molar-refractivity contribution in [2.75, 3.05) is 0 Å². The molecule has 68 valence electrons. The summed E-state index contributed by atoms with van der Waals surface area (Å²) in [7, 11) is 0. The maximum absolute atomic E-state index is 5.93. The summed E-state index contributed by atoms with van der Waals surface area (Å²) >= 11 is 11.9. The minimum Gasteiger partial charge on any atom is -0.253 e. The van der Waals surface area contributed by atoms with Crippen LogP contribution in [0, 0.1) is 0 Å². The van der Waals surface area contributed by atoms with Gasteiger partial charge in [0.25, 0.3) is 0 Å². The van der Waals surface area contributed by atoms with Crippen LogP contribution < -0.4 is 0 Å². The molecule has 0 aromatic carbocycles. The Morgan fingerprint density at radius 1 is 1.50 bits per heavy atom. The van der Waals surface area contributed by atoms with Gasteiger partial charge in [0.2, 0.25) is 6.69 Å². The lowest BCUT2D eigenvalue weighted by Gasteiger charge is -2.08.